The first-order valence-electron chi connectivity index (χ1n) is 17.3. The predicted octanol–water partition coefficient (Wildman–Crippen LogP) is -2.78. The lowest BCUT2D eigenvalue weighted by Crippen LogP contribution is -2.60. The van der Waals surface area contributed by atoms with Crippen LogP contribution >= 0.6 is 12.6 Å². The number of aliphatic carboxylic acids is 2. The highest BCUT2D eigenvalue weighted by molar-refractivity contribution is 7.80. The number of guanidine groups is 1. The van der Waals surface area contributed by atoms with Crippen LogP contribution in [0.4, 0.5) is 0 Å². The minimum absolute atomic E-state index is 0.0282. The van der Waals surface area contributed by atoms with Gasteiger partial charge in [-0.1, -0.05) is 26.0 Å². The third kappa shape index (κ3) is 17.6. The number of carboxylic acids is 2. The molecule has 0 spiro atoms. The molecule has 21 heteroatoms. The van der Waals surface area contributed by atoms with Gasteiger partial charge >= 0.3 is 11.9 Å². The van der Waals surface area contributed by atoms with E-state index in [-0.39, 0.29) is 49.7 Å². The number of carbonyl (C=O) groups is 7. The molecule has 0 fully saturated rings. The zero-order chi connectivity index (χ0) is 41.0. The van der Waals surface area contributed by atoms with Crippen LogP contribution in [0.3, 0.4) is 0 Å². The molecule has 1 rings (SSSR count). The normalized spacial score (nSPS) is 14.3. The maximum absolute atomic E-state index is 13.8. The molecule has 0 heterocycles. The van der Waals surface area contributed by atoms with Gasteiger partial charge in [0.15, 0.2) is 5.96 Å². The molecule has 0 aromatic heterocycles. The number of phenols is 1. The summed E-state index contributed by atoms with van der Waals surface area (Å²) in [6.07, 6.45) is 0.319. The van der Waals surface area contributed by atoms with E-state index in [0.717, 1.165) is 0 Å². The fourth-order valence-electron chi connectivity index (χ4n) is 4.98. The van der Waals surface area contributed by atoms with Crippen molar-refractivity contribution < 1.29 is 48.9 Å². The second-order valence-electron chi connectivity index (χ2n) is 12.8. The minimum atomic E-state index is -1.48. The highest BCUT2D eigenvalue weighted by Gasteiger charge is 2.34. The summed E-state index contributed by atoms with van der Waals surface area (Å²) in [6, 6.07) is -2.20. The van der Waals surface area contributed by atoms with Crippen LogP contribution in [0.5, 0.6) is 5.75 Å². The van der Waals surface area contributed by atoms with E-state index in [4.69, 9.17) is 27.7 Å². The molecule has 0 aliphatic rings. The van der Waals surface area contributed by atoms with E-state index in [9.17, 15) is 43.8 Å². The lowest BCUT2D eigenvalue weighted by Gasteiger charge is -2.28. The summed E-state index contributed by atoms with van der Waals surface area (Å²) in [7, 11) is 0. The van der Waals surface area contributed by atoms with E-state index in [0.29, 0.717) is 24.9 Å². The SMILES string of the molecule is CC(C)[C@H](NC(=O)[C@H](CCCNC(=N)N)NC(=O)[C@H](N)CC(=O)O)C(=O)N[C@@H](Cc1ccc(O)cc1)C(=O)N[C@@H](CCCCN)C(=O)N[C@@H](CS)C(=O)O. The Morgan fingerprint density at radius 1 is 0.759 bits per heavy atom. The summed E-state index contributed by atoms with van der Waals surface area (Å²) in [6.45, 7) is 3.68. The summed E-state index contributed by atoms with van der Waals surface area (Å²) < 4.78 is 0. The van der Waals surface area contributed by atoms with Crippen molar-refractivity contribution in [3.8, 4) is 5.75 Å². The molecule has 0 aliphatic carbocycles. The summed E-state index contributed by atoms with van der Waals surface area (Å²) >= 11 is 3.97. The van der Waals surface area contributed by atoms with Crippen molar-refractivity contribution in [2.45, 2.75) is 95.0 Å². The van der Waals surface area contributed by atoms with Crippen LogP contribution in [0.2, 0.25) is 0 Å². The third-order valence-corrected chi connectivity index (χ3v) is 8.35. The van der Waals surface area contributed by atoms with E-state index >= 15 is 0 Å². The third-order valence-electron chi connectivity index (χ3n) is 7.98. The topological polar surface area (TPSA) is 354 Å². The number of carboxylic acid groups (broad SMARTS) is 2. The van der Waals surface area contributed by atoms with Crippen molar-refractivity contribution in [2.75, 3.05) is 18.8 Å². The standard InChI is InChI=1S/C33H54N10O10S/c1-17(2)26(43-29(49)22(7-5-13-38-33(36)37)39-27(47)20(35)15-25(45)46)31(51)41-23(14-18-8-10-19(44)11-9-18)30(50)40-21(6-3-4-12-34)28(48)42-24(16-54)32(52)53/h8-11,17,20-24,26,44,54H,3-7,12-16,34-35H2,1-2H3,(H,39,47)(H,40,50)(H,41,51)(H,42,48)(H,43,49)(H,45,46)(H,52,53)(H4,36,37,38)/t20-,21+,22+,23+,24+,26+/m1/s1. The Kier molecular flexibility index (Phi) is 21.0. The van der Waals surface area contributed by atoms with Gasteiger partial charge in [0, 0.05) is 18.7 Å². The number of nitrogens with two attached hydrogens (primary N) is 3. The Hall–Kier alpha value is -5.15. The van der Waals surface area contributed by atoms with Gasteiger partial charge in [-0.3, -0.25) is 34.2 Å². The molecule has 20 nitrogen and oxygen atoms in total. The van der Waals surface area contributed by atoms with Crippen molar-refractivity contribution in [1.29, 1.82) is 5.41 Å². The Morgan fingerprint density at radius 2 is 1.28 bits per heavy atom. The Morgan fingerprint density at radius 3 is 1.80 bits per heavy atom. The fourth-order valence-corrected chi connectivity index (χ4v) is 5.22. The van der Waals surface area contributed by atoms with Crippen molar-refractivity contribution in [2.24, 2.45) is 23.1 Å². The van der Waals surface area contributed by atoms with Crippen molar-refractivity contribution in [3.63, 3.8) is 0 Å². The molecule has 0 aliphatic heterocycles. The van der Waals surface area contributed by atoms with Crippen LogP contribution in [0.15, 0.2) is 24.3 Å². The average Bonchev–Trinajstić information content (AvgIpc) is 3.09. The van der Waals surface area contributed by atoms with Gasteiger partial charge < -0.3 is 64.4 Å². The van der Waals surface area contributed by atoms with Crippen LogP contribution in [-0.2, 0) is 40.0 Å². The number of amides is 5. The van der Waals surface area contributed by atoms with Crippen molar-refractivity contribution in [3.05, 3.63) is 29.8 Å². The van der Waals surface area contributed by atoms with Gasteiger partial charge in [-0.2, -0.15) is 12.6 Å². The lowest BCUT2D eigenvalue weighted by atomic mass is 9.99. The number of benzene rings is 1. The lowest BCUT2D eigenvalue weighted by molar-refractivity contribution is -0.141. The zero-order valence-electron chi connectivity index (χ0n) is 30.3. The molecule has 16 N–H and O–H groups in total. The summed E-state index contributed by atoms with van der Waals surface area (Å²) in [5, 5.41) is 50.7. The number of hydrogen-bond donors (Lipinski definition) is 14. The van der Waals surface area contributed by atoms with E-state index in [1.54, 1.807) is 13.8 Å². The number of unbranched alkanes of at least 4 members (excludes halogenated alkanes) is 1. The molecule has 1 aromatic rings. The van der Waals surface area contributed by atoms with Gasteiger partial charge in [-0.25, -0.2) is 4.79 Å². The number of nitrogens with one attached hydrogen (secondary N) is 7. The first-order chi connectivity index (χ1) is 25.4. The first kappa shape index (κ1) is 46.9. The second kappa shape index (κ2) is 24.2. The van der Waals surface area contributed by atoms with Crippen LogP contribution in [0.1, 0.15) is 57.9 Å². The zero-order valence-corrected chi connectivity index (χ0v) is 31.2. The number of hydrogen-bond acceptors (Lipinski definition) is 12. The van der Waals surface area contributed by atoms with Gasteiger partial charge in [-0.05, 0) is 62.3 Å². The number of phenolic OH excluding ortho intramolecular Hbond substituents is 1. The van der Waals surface area contributed by atoms with Gasteiger partial charge in [0.05, 0.1) is 12.5 Å². The number of aromatic hydroxyl groups is 1. The molecular formula is C33H54N10O10S. The number of rotatable bonds is 25. The molecular weight excluding hydrogens is 728 g/mol. The number of carbonyl (C=O) groups excluding carboxylic acids is 5. The Labute approximate surface area is 318 Å². The molecule has 0 saturated heterocycles. The van der Waals surface area contributed by atoms with E-state index in [2.05, 4.69) is 44.5 Å². The first-order valence-corrected chi connectivity index (χ1v) is 17.9. The summed E-state index contributed by atoms with van der Waals surface area (Å²) in [4.78, 5) is 89.7. The smallest absolute Gasteiger partial charge is 0.327 e. The molecule has 0 unspecified atom stereocenters. The molecule has 0 bridgehead atoms. The molecule has 302 valence electrons. The van der Waals surface area contributed by atoms with Gasteiger partial charge in [-0.15, -0.1) is 0 Å². The van der Waals surface area contributed by atoms with Crippen LogP contribution in [-0.4, -0.2) is 118 Å². The minimum Gasteiger partial charge on any atom is -0.508 e. The Bertz CT molecular complexity index is 1450. The highest BCUT2D eigenvalue weighted by Crippen LogP contribution is 2.13. The molecule has 54 heavy (non-hydrogen) atoms. The van der Waals surface area contributed by atoms with E-state index in [1.807, 2.05) is 0 Å². The summed E-state index contributed by atoms with van der Waals surface area (Å²) in [5.41, 5.74) is 17.1. The molecule has 0 radical (unpaired) electrons. The van der Waals surface area contributed by atoms with E-state index < -0.39 is 90.1 Å². The Balaban J connectivity index is 3.38. The van der Waals surface area contributed by atoms with Crippen LogP contribution in [0, 0.1) is 11.3 Å². The van der Waals surface area contributed by atoms with Crippen molar-refractivity contribution >= 4 is 60.1 Å². The molecule has 6 atom stereocenters. The van der Waals surface area contributed by atoms with Gasteiger partial charge in [0.2, 0.25) is 29.5 Å². The molecule has 1 aromatic carbocycles. The largest absolute Gasteiger partial charge is 0.508 e. The summed E-state index contributed by atoms with van der Waals surface area (Å²) in [5.74, 6) is -8.02. The van der Waals surface area contributed by atoms with Gasteiger partial charge in [0.25, 0.3) is 0 Å². The molecule has 5 amide bonds. The quantitative estimate of drug-likeness (QED) is 0.0207. The van der Waals surface area contributed by atoms with Gasteiger partial charge in [0.1, 0.15) is 36.0 Å². The molecule has 0 saturated carbocycles. The monoisotopic (exact) mass is 782 g/mol. The van der Waals surface area contributed by atoms with Crippen LogP contribution < -0.4 is 49.1 Å². The van der Waals surface area contributed by atoms with Crippen molar-refractivity contribution in [1.82, 2.24) is 31.9 Å². The number of thiol groups is 1. The maximum atomic E-state index is 13.8. The highest BCUT2D eigenvalue weighted by atomic mass is 32.1. The second-order valence-corrected chi connectivity index (χ2v) is 13.2. The van der Waals surface area contributed by atoms with Crippen LogP contribution in [0.25, 0.3) is 0 Å². The van der Waals surface area contributed by atoms with E-state index in [1.165, 1.54) is 24.3 Å². The average molecular weight is 783 g/mol. The maximum Gasteiger partial charge on any atom is 0.327 e. The predicted molar refractivity (Wildman–Crippen MR) is 200 cm³/mol. The fraction of sp³-hybridized carbons (Fsp3) is 0.576.